The minimum absolute atomic E-state index is 0.165. The van der Waals surface area contributed by atoms with Gasteiger partial charge in [0.25, 0.3) is 0 Å². The summed E-state index contributed by atoms with van der Waals surface area (Å²) in [5.41, 5.74) is 0.533. The Morgan fingerprint density at radius 3 is 2.36 bits per heavy atom. The molecule has 0 fully saturated rings. The van der Waals surface area contributed by atoms with Gasteiger partial charge in [-0.25, -0.2) is 17.5 Å². The Labute approximate surface area is 130 Å². The summed E-state index contributed by atoms with van der Waals surface area (Å²) in [6.45, 7) is 1.95. The fourth-order valence-electron chi connectivity index (χ4n) is 1.87. The van der Waals surface area contributed by atoms with Gasteiger partial charge in [0.1, 0.15) is 17.7 Å². The SMILES string of the molecule is CC(CNS(=O)(=O)Cc1ccc(F)cc1)Oc1ccccc1. The number of sulfonamides is 1. The van der Waals surface area contributed by atoms with Crippen molar-refractivity contribution in [2.45, 2.75) is 18.8 Å². The average Bonchev–Trinajstić information content (AvgIpc) is 2.49. The highest BCUT2D eigenvalue weighted by Gasteiger charge is 2.14. The molecule has 22 heavy (non-hydrogen) atoms. The largest absolute Gasteiger partial charge is 0.489 e. The zero-order chi connectivity index (χ0) is 16.0. The smallest absolute Gasteiger partial charge is 0.215 e. The zero-order valence-corrected chi connectivity index (χ0v) is 13.0. The molecule has 2 aromatic carbocycles. The molecule has 2 rings (SSSR count). The van der Waals surface area contributed by atoms with E-state index < -0.39 is 10.0 Å². The molecule has 0 aromatic heterocycles. The molecule has 2 aromatic rings. The van der Waals surface area contributed by atoms with Gasteiger partial charge in [0, 0.05) is 6.54 Å². The number of hydrogen-bond donors (Lipinski definition) is 1. The molecule has 118 valence electrons. The van der Waals surface area contributed by atoms with Crippen LogP contribution in [0, 0.1) is 5.82 Å². The Morgan fingerprint density at radius 2 is 1.73 bits per heavy atom. The van der Waals surface area contributed by atoms with Gasteiger partial charge in [0.05, 0.1) is 5.75 Å². The second-order valence-electron chi connectivity index (χ2n) is 4.98. The van der Waals surface area contributed by atoms with Gasteiger partial charge >= 0.3 is 0 Å². The van der Waals surface area contributed by atoms with E-state index in [0.717, 1.165) is 0 Å². The van der Waals surface area contributed by atoms with Crippen LogP contribution in [0.25, 0.3) is 0 Å². The van der Waals surface area contributed by atoms with E-state index in [1.807, 2.05) is 30.3 Å². The lowest BCUT2D eigenvalue weighted by Gasteiger charge is -2.15. The van der Waals surface area contributed by atoms with Gasteiger partial charge in [-0.05, 0) is 36.8 Å². The van der Waals surface area contributed by atoms with Crippen molar-refractivity contribution in [3.8, 4) is 5.75 Å². The lowest BCUT2D eigenvalue weighted by molar-refractivity contribution is 0.225. The van der Waals surface area contributed by atoms with E-state index in [9.17, 15) is 12.8 Å². The highest BCUT2D eigenvalue weighted by molar-refractivity contribution is 7.88. The first-order chi connectivity index (χ1) is 10.4. The minimum atomic E-state index is -3.49. The Balaban J connectivity index is 1.85. The molecule has 0 bridgehead atoms. The number of halogens is 1. The van der Waals surface area contributed by atoms with Crippen LogP contribution in [0.5, 0.6) is 5.75 Å². The summed E-state index contributed by atoms with van der Waals surface area (Å²) in [7, 11) is -3.49. The maximum atomic E-state index is 12.8. The number of rotatable bonds is 7. The molecule has 0 aliphatic carbocycles. The third-order valence-corrected chi connectivity index (χ3v) is 4.26. The summed E-state index contributed by atoms with van der Waals surface area (Å²) in [4.78, 5) is 0. The van der Waals surface area contributed by atoms with Crippen LogP contribution in [-0.2, 0) is 15.8 Å². The van der Waals surface area contributed by atoms with Crippen molar-refractivity contribution >= 4 is 10.0 Å². The predicted octanol–water partition coefficient (Wildman–Crippen LogP) is 2.71. The molecule has 0 aliphatic heterocycles. The van der Waals surface area contributed by atoms with Gasteiger partial charge in [-0.3, -0.25) is 0 Å². The molecular weight excluding hydrogens is 305 g/mol. The van der Waals surface area contributed by atoms with Crippen LogP contribution in [0.1, 0.15) is 12.5 Å². The number of para-hydroxylation sites is 1. The highest BCUT2D eigenvalue weighted by Crippen LogP contribution is 2.11. The third kappa shape index (κ3) is 5.46. The van der Waals surface area contributed by atoms with E-state index in [0.29, 0.717) is 11.3 Å². The molecule has 1 unspecified atom stereocenters. The summed E-state index contributed by atoms with van der Waals surface area (Å²) in [5.74, 6) is 0.109. The number of nitrogens with one attached hydrogen (secondary N) is 1. The molecule has 0 aliphatic rings. The lowest BCUT2D eigenvalue weighted by Crippen LogP contribution is -2.34. The highest BCUT2D eigenvalue weighted by atomic mass is 32.2. The van der Waals surface area contributed by atoms with E-state index in [4.69, 9.17) is 4.74 Å². The van der Waals surface area contributed by atoms with Crippen LogP contribution in [-0.4, -0.2) is 21.1 Å². The minimum Gasteiger partial charge on any atom is -0.489 e. The molecule has 0 spiro atoms. The fourth-order valence-corrected chi connectivity index (χ4v) is 3.09. The van der Waals surface area contributed by atoms with Gasteiger partial charge in [0.15, 0.2) is 0 Å². The Morgan fingerprint density at radius 1 is 1.09 bits per heavy atom. The Kier molecular flexibility index (Phi) is 5.51. The van der Waals surface area contributed by atoms with Crippen LogP contribution in [0.15, 0.2) is 54.6 Å². The van der Waals surface area contributed by atoms with E-state index in [1.54, 1.807) is 6.92 Å². The average molecular weight is 323 g/mol. The molecule has 0 saturated heterocycles. The van der Waals surface area contributed by atoms with Crippen molar-refractivity contribution in [2.75, 3.05) is 6.54 Å². The first-order valence-corrected chi connectivity index (χ1v) is 8.53. The quantitative estimate of drug-likeness (QED) is 0.852. The van der Waals surface area contributed by atoms with Crippen LogP contribution in [0.3, 0.4) is 0 Å². The molecule has 6 heteroatoms. The summed E-state index contributed by atoms with van der Waals surface area (Å²) in [6, 6.07) is 14.6. The first kappa shape index (κ1) is 16.5. The zero-order valence-electron chi connectivity index (χ0n) is 12.2. The molecule has 0 radical (unpaired) electrons. The van der Waals surface area contributed by atoms with Crippen molar-refractivity contribution in [2.24, 2.45) is 0 Å². The second kappa shape index (κ2) is 7.38. The van der Waals surface area contributed by atoms with Crippen LogP contribution in [0.2, 0.25) is 0 Å². The summed E-state index contributed by atoms with van der Waals surface area (Å²) in [5, 5.41) is 0. The topological polar surface area (TPSA) is 55.4 Å². The van der Waals surface area contributed by atoms with E-state index in [1.165, 1.54) is 24.3 Å². The lowest BCUT2D eigenvalue weighted by atomic mass is 10.2. The summed E-state index contributed by atoms with van der Waals surface area (Å²) < 4.78 is 44.9. The van der Waals surface area contributed by atoms with Crippen molar-refractivity contribution in [3.63, 3.8) is 0 Å². The number of hydrogen-bond acceptors (Lipinski definition) is 3. The van der Waals surface area contributed by atoms with Crippen molar-refractivity contribution < 1.29 is 17.5 Å². The van der Waals surface area contributed by atoms with E-state index >= 15 is 0 Å². The molecule has 4 nitrogen and oxygen atoms in total. The molecular formula is C16H18FNO3S. The molecule has 0 amide bonds. The molecule has 1 N–H and O–H groups in total. The van der Waals surface area contributed by atoms with Gasteiger partial charge in [0.2, 0.25) is 10.0 Å². The second-order valence-corrected chi connectivity index (χ2v) is 6.78. The predicted molar refractivity (Wildman–Crippen MR) is 83.6 cm³/mol. The number of benzene rings is 2. The van der Waals surface area contributed by atoms with Gasteiger partial charge < -0.3 is 4.74 Å². The summed E-state index contributed by atoms with van der Waals surface area (Å²) in [6.07, 6.45) is -0.301. The van der Waals surface area contributed by atoms with Crippen molar-refractivity contribution in [3.05, 3.63) is 66.0 Å². The van der Waals surface area contributed by atoms with E-state index in [-0.39, 0.29) is 24.2 Å². The fraction of sp³-hybridized carbons (Fsp3) is 0.250. The maximum absolute atomic E-state index is 12.8. The van der Waals surface area contributed by atoms with Crippen molar-refractivity contribution in [1.29, 1.82) is 0 Å². The van der Waals surface area contributed by atoms with Gasteiger partial charge in [-0.1, -0.05) is 30.3 Å². The normalized spacial score (nSPS) is 12.8. The van der Waals surface area contributed by atoms with Crippen LogP contribution in [0.4, 0.5) is 4.39 Å². The monoisotopic (exact) mass is 323 g/mol. The first-order valence-electron chi connectivity index (χ1n) is 6.88. The summed E-state index contributed by atoms with van der Waals surface area (Å²) >= 11 is 0. The molecule has 0 heterocycles. The van der Waals surface area contributed by atoms with E-state index in [2.05, 4.69) is 4.72 Å². The van der Waals surface area contributed by atoms with Gasteiger partial charge in [-0.15, -0.1) is 0 Å². The van der Waals surface area contributed by atoms with Crippen molar-refractivity contribution in [1.82, 2.24) is 4.72 Å². The number of ether oxygens (including phenoxy) is 1. The third-order valence-electron chi connectivity index (χ3n) is 2.94. The van der Waals surface area contributed by atoms with Gasteiger partial charge in [-0.2, -0.15) is 0 Å². The van der Waals surface area contributed by atoms with Crippen LogP contribution >= 0.6 is 0 Å². The standard InChI is InChI=1S/C16H18FNO3S/c1-13(21-16-5-3-2-4-6-16)11-18-22(19,20)12-14-7-9-15(17)10-8-14/h2-10,13,18H,11-12H2,1H3. The Bertz CT molecular complexity index is 687. The molecule has 0 saturated carbocycles. The Hall–Kier alpha value is -1.92. The van der Waals surface area contributed by atoms with Crippen LogP contribution < -0.4 is 9.46 Å². The maximum Gasteiger partial charge on any atom is 0.215 e. The molecule has 1 atom stereocenters.